The van der Waals surface area contributed by atoms with Gasteiger partial charge >= 0.3 is 0 Å². The van der Waals surface area contributed by atoms with Crippen LogP contribution in [0.4, 0.5) is 0 Å². The second kappa shape index (κ2) is 5.93. The van der Waals surface area contributed by atoms with Gasteiger partial charge in [0.05, 0.1) is 21.7 Å². The van der Waals surface area contributed by atoms with Crippen LogP contribution in [0.2, 0.25) is 10.0 Å². The maximum atomic E-state index is 6.46. The normalized spacial score (nSPS) is 11.1. The highest BCUT2D eigenvalue weighted by Crippen LogP contribution is 2.31. The van der Waals surface area contributed by atoms with Crippen molar-refractivity contribution in [1.82, 2.24) is 15.0 Å². The summed E-state index contributed by atoms with van der Waals surface area (Å²) in [5.74, 6) is 0.765. The van der Waals surface area contributed by atoms with E-state index in [1.54, 1.807) is 6.20 Å². The van der Waals surface area contributed by atoms with Gasteiger partial charge in [0.2, 0.25) is 0 Å². The maximum absolute atomic E-state index is 6.46. The van der Waals surface area contributed by atoms with E-state index in [4.69, 9.17) is 23.2 Å². The molecule has 4 aromatic rings. The molecule has 0 bridgehead atoms. The van der Waals surface area contributed by atoms with Crippen LogP contribution in [0.25, 0.3) is 33.7 Å². The number of H-pyrrole nitrogens is 1. The van der Waals surface area contributed by atoms with Gasteiger partial charge in [0.1, 0.15) is 5.82 Å². The molecule has 0 saturated carbocycles. The Kier molecular flexibility index (Phi) is 3.75. The monoisotopic (exact) mass is 353 g/mol. The average Bonchev–Trinajstić information content (AvgIpc) is 2.99. The molecular weight excluding hydrogens is 341 g/mol. The predicted molar refractivity (Wildman–Crippen MR) is 99.5 cm³/mol. The van der Waals surface area contributed by atoms with Crippen LogP contribution in [-0.2, 0) is 0 Å². The van der Waals surface area contributed by atoms with E-state index in [0.717, 1.165) is 39.2 Å². The van der Waals surface area contributed by atoms with E-state index >= 15 is 0 Å². The van der Waals surface area contributed by atoms with Crippen molar-refractivity contribution in [2.45, 2.75) is 6.92 Å². The van der Waals surface area contributed by atoms with Crippen LogP contribution >= 0.6 is 23.2 Å². The van der Waals surface area contributed by atoms with Crippen LogP contribution in [-0.4, -0.2) is 15.0 Å². The number of benzene rings is 2. The molecule has 0 atom stereocenters. The SMILES string of the molecule is Cc1cc2[nH]c(-c3ccc(-c4ccccn4)c(Cl)c3)nc2cc1Cl. The molecule has 2 aromatic heterocycles. The maximum Gasteiger partial charge on any atom is 0.138 e. The molecule has 0 aliphatic carbocycles. The van der Waals surface area contributed by atoms with Crippen LogP contribution in [0, 0.1) is 6.92 Å². The lowest BCUT2D eigenvalue weighted by atomic mass is 10.1. The highest BCUT2D eigenvalue weighted by atomic mass is 35.5. The third-order valence-electron chi connectivity index (χ3n) is 3.95. The molecule has 0 fully saturated rings. The minimum atomic E-state index is 0.640. The third kappa shape index (κ3) is 2.66. The number of rotatable bonds is 2. The molecule has 24 heavy (non-hydrogen) atoms. The van der Waals surface area contributed by atoms with Crippen LogP contribution in [0.15, 0.2) is 54.7 Å². The van der Waals surface area contributed by atoms with Gasteiger partial charge in [-0.05, 0) is 42.8 Å². The first-order chi connectivity index (χ1) is 11.6. The summed E-state index contributed by atoms with van der Waals surface area (Å²) in [5, 5.41) is 1.35. The van der Waals surface area contributed by atoms with Crippen LogP contribution in [0.3, 0.4) is 0 Å². The van der Waals surface area contributed by atoms with E-state index in [9.17, 15) is 0 Å². The second-order valence-corrected chi connectivity index (χ2v) is 6.43. The van der Waals surface area contributed by atoms with E-state index < -0.39 is 0 Å². The van der Waals surface area contributed by atoms with E-state index in [-0.39, 0.29) is 0 Å². The highest BCUT2D eigenvalue weighted by molar-refractivity contribution is 6.33. The van der Waals surface area contributed by atoms with Crippen molar-refractivity contribution in [3.63, 3.8) is 0 Å². The van der Waals surface area contributed by atoms with Gasteiger partial charge in [0.15, 0.2) is 0 Å². The molecule has 118 valence electrons. The summed E-state index contributed by atoms with van der Waals surface area (Å²) in [6.07, 6.45) is 1.75. The van der Waals surface area contributed by atoms with Crippen LogP contribution in [0.1, 0.15) is 5.56 Å². The fraction of sp³-hybridized carbons (Fsp3) is 0.0526. The Morgan fingerprint density at radius 3 is 2.58 bits per heavy atom. The number of fused-ring (bicyclic) bond motifs is 1. The molecule has 5 heteroatoms. The number of nitrogens with zero attached hydrogens (tertiary/aromatic N) is 2. The van der Waals surface area contributed by atoms with Crippen molar-refractivity contribution in [1.29, 1.82) is 0 Å². The van der Waals surface area contributed by atoms with Crippen molar-refractivity contribution < 1.29 is 0 Å². The van der Waals surface area contributed by atoms with Gasteiger partial charge in [0.25, 0.3) is 0 Å². The van der Waals surface area contributed by atoms with E-state index in [1.165, 1.54) is 0 Å². The molecule has 2 aromatic carbocycles. The lowest BCUT2D eigenvalue weighted by Gasteiger charge is -2.05. The molecule has 0 saturated heterocycles. The number of hydrogen-bond donors (Lipinski definition) is 1. The molecule has 0 aliphatic rings. The van der Waals surface area contributed by atoms with Gasteiger partial charge in [-0.2, -0.15) is 0 Å². The Morgan fingerprint density at radius 1 is 0.958 bits per heavy atom. The molecule has 3 nitrogen and oxygen atoms in total. The van der Waals surface area contributed by atoms with Crippen molar-refractivity contribution in [3.8, 4) is 22.6 Å². The minimum absolute atomic E-state index is 0.640. The number of aryl methyl sites for hydroxylation is 1. The number of hydrogen-bond acceptors (Lipinski definition) is 2. The second-order valence-electron chi connectivity index (χ2n) is 5.61. The third-order valence-corrected chi connectivity index (χ3v) is 4.67. The zero-order valence-electron chi connectivity index (χ0n) is 12.8. The zero-order valence-corrected chi connectivity index (χ0v) is 14.4. The highest BCUT2D eigenvalue weighted by Gasteiger charge is 2.11. The van der Waals surface area contributed by atoms with Crippen molar-refractivity contribution in [2.75, 3.05) is 0 Å². The molecule has 4 rings (SSSR count). The van der Waals surface area contributed by atoms with Gasteiger partial charge in [-0.3, -0.25) is 4.98 Å². The van der Waals surface area contributed by atoms with E-state index in [2.05, 4.69) is 15.0 Å². The Hall–Kier alpha value is -2.36. The molecule has 0 unspecified atom stereocenters. The molecule has 0 amide bonds. The lowest BCUT2D eigenvalue weighted by Crippen LogP contribution is -1.86. The molecule has 0 spiro atoms. The van der Waals surface area contributed by atoms with Crippen LogP contribution in [0.5, 0.6) is 0 Å². The number of halogens is 2. The van der Waals surface area contributed by atoms with E-state index in [1.807, 2.05) is 55.5 Å². The average molecular weight is 354 g/mol. The number of imidazole rings is 1. The lowest BCUT2D eigenvalue weighted by molar-refractivity contribution is 1.31. The summed E-state index contributed by atoms with van der Waals surface area (Å²) in [6.45, 7) is 1.97. The quantitative estimate of drug-likeness (QED) is 0.486. The number of pyridine rings is 1. The number of nitrogens with one attached hydrogen (secondary N) is 1. The number of aromatic amines is 1. The van der Waals surface area contributed by atoms with Crippen molar-refractivity contribution in [3.05, 3.63) is 70.3 Å². The summed E-state index contributed by atoms with van der Waals surface area (Å²) in [6, 6.07) is 15.5. The topological polar surface area (TPSA) is 41.6 Å². The van der Waals surface area contributed by atoms with Gasteiger partial charge in [-0.1, -0.05) is 41.4 Å². The zero-order chi connectivity index (χ0) is 16.7. The van der Waals surface area contributed by atoms with E-state index in [0.29, 0.717) is 10.0 Å². The van der Waals surface area contributed by atoms with Gasteiger partial charge in [-0.25, -0.2) is 4.98 Å². The van der Waals surface area contributed by atoms with Crippen LogP contribution < -0.4 is 0 Å². The first-order valence-corrected chi connectivity index (χ1v) is 8.24. The first-order valence-electron chi connectivity index (χ1n) is 7.49. The minimum Gasteiger partial charge on any atom is -0.338 e. The van der Waals surface area contributed by atoms with Crippen molar-refractivity contribution >= 4 is 34.2 Å². The predicted octanol–water partition coefficient (Wildman–Crippen LogP) is 5.91. The van der Waals surface area contributed by atoms with Crippen molar-refractivity contribution in [2.24, 2.45) is 0 Å². The summed E-state index contributed by atoms with van der Waals surface area (Å²) < 4.78 is 0. The summed E-state index contributed by atoms with van der Waals surface area (Å²) >= 11 is 12.6. The number of aromatic nitrogens is 3. The molecule has 0 radical (unpaired) electrons. The molecule has 0 aliphatic heterocycles. The standard InChI is InChI=1S/C19H13Cl2N3/c1-11-8-17-18(10-14(11)20)24-19(23-17)12-5-6-13(15(21)9-12)16-4-2-3-7-22-16/h2-10H,1H3,(H,23,24). The van der Waals surface area contributed by atoms with Gasteiger partial charge in [0, 0.05) is 22.3 Å². The summed E-state index contributed by atoms with van der Waals surface area (Å²) in [7, 11) is 0. The summed E-state index contributed by atoms with van der Waals surface area (Å²) in [4.78, 5) is 12.3. The van der Waals surface area contributed by atoms with Gasteiger partial charge < -0.3 is 4.98 Å². The Morgan fingerprint density at radius 2 is 1.83 bits per heavy atom. The Balaban J connectivity index is 1.79. The first kappa shape index (κ1) is 15.2. The Labute approximate surface area is 149 Å². The smallest absolute Gasteiger partial charge is 0.138 e. The summed E-state index contributed by atoms with van der Waals surface area (Å²) in [5.41, 5.74) is 5.48. The largest absolute Gasteiger partial charge is 0.338 e. The molecular formula is C19H13Cl2N3. The molecule has 1 N–H and O–H groups in total. The fourth-order valence-corrected chi connectivity index (χ4v) is 3.10. The fourth-order valence-electron chi connectivity index (χ4n) is 2.67. The Bertz CT molecular complexity index is 1000. The van der Waals surface area contributed by atoms with Gasteiger partial charge in [-0.15, -0.1) is 0 Å². The molecule has 2 heterocycles.